The Morgan fingerprint density at radius 3 is 1.60 bits per heavy atom. The van der Waals surface area contributed by atoms with Crippen molar-refractivity contribution in [2.45, 2.75) is 37.9 Å². The summed E-state index contributed by atoms with van der Waals surface area (Å²) in [5.74, 6) is 0. The molecule has 0 spiro atoms. The molecule has 1 nitrogen and oxygen atoms in total. The Balaban J connectivity index is 2.08. The van der Waals surface area contributed by atoms with Crippen molar-refractivity contribution < 1.29 is 4.74 Å². The lowest BCUT2D eigenvalue weighted by molar-refractivity contribution is -0.0864. The first-order valence-corrected chi connectivity index (χ1v) is 5.51. The van der Waals surface area contributed by atoms with E-state index in [0.29, 0.717) is 0 Å². The van der Waals surface area contributed by atoms with E-state index < -0.39 is 0 Å². The van der Waals surface area contributed by atoms with E-state index in [4.69, 9.17) is 4.74 Å². The van der Waals surface area contributed by atoms with Crippen molar-refractivity contribution in [3.63, 3.8) is 0 Å². The lowest BCUT2D eigenvalue weighted by atomic mass is 9.92. The lowest BCUT2D eigenvalue weighted by Gasteiger charge is -2.38. The molecule has 0 bridgehead atoms. The van der Waals surface area contributed by atoms with Crippen molar-refractivity contribution in [2.24, 2.45) is 0 Å². The fourth-order valence-corrected chi connectivity index (χ4v) is 2.10. The maximum absolute atomic E-state index is 6.23. The summed E-state index contributed by atoms with van der Waals surface area (Å²) in [6.07, 6.45) is 18.8. The second-order valence-electron chi connectivity index (χ2n) is 4.71. The van der Waals surface area contributed by atoms with Crippen LogP contribution in [0.4, 0.5) is 0 Å². The van der Waals surface area contributed by atoms with E-state index in [1.165, 1.54) is 0 Å². The van der Waals surface area contributed by atoms with Crippen LogP contribution in [0, 0.1) is 0 Å². The molecule has 15 heavy (non-hydrogen) atoms. The van der Waals surface area contributed by atoms with Crippen LogP contribution in [-0.2, 0) is 4.74 Å². The van der Waals surface area contributed by atoms with Crippen LogP contribution in [0.3, 0.4) is 0 Å². The topological polar surface area (TPSA) is 9.23 Å². The van der Waals surface area contributed by atoms with Gasteiger partial charge < -0.3 is 4.74 Å². The van der Waals surface area contributed by atoms with Crippen LogP contribution in [0.15, 0.2) is 48.6 Å². The Labute approximate surface area is 91.8 Å². The average molecular weight is 202 g/mol. The molecule has 1 heteroatoms. The summed E-state index contributed by atoms with van der Waals surface area (Å²) < 4.78 is 6.23. The van der Waals surface area contributed by atoms with Crippen LogP contribution in [0.25, 0.3) is 0 Å². The highest BCUT2D eigenvalue weighted by molar-refractivity contribution is 5.21. The fourth-order valence-electron chi connectivity index (χ4n) is 2.10. The van der Waals surface area contributed by atoms with Gasteiger partial charge in [0.2, 0.25) is 0 Å². The summed E-state index contributed by atoms with van der Waals surface area (Å²) in [5.41, 5.74) is -0.307. The smallest absolute Gasteiger partial charge is 0.0883 e. The first kappa shape index (κ1) is 10.4. The van der Waals surface area contributed by atoms with Gasteiger partial charge in [-0.05, 0) is 26.7 Å². The number of ether oxygens (including phenoxy) is 1. The highest BCUT2D eigenvalue weighted by Gasteiger charge is 2.32. The highest BCUT2D eigenvalue weighted by Crippen LogP contribution is 2.32. The summed E-state index contributed by atoms with van der Waals surface area (Å²) in [7, 11) is 0. The third-order valence-electron chi connectivity index (χ3n) is 2.90. The van der Waals surface area contributed by atoms with Gasteiger partial charge in [-0.25, -0.2) is 0 Å². The van der Waals surface area contributed by atoms with Crippen LogP contribution in [0.2, 0.25) is 0 Å². The summed E-state index contributed by atoms with van der Waals surface area (Å²) in [6, 6.07) is 0. The largest absolute Gasteiger partial charge is 0.360 e. The predicted molar refractivity (Wildman–Crippen MR) is 63.7 cm³/mol. The Morgan fingerprint density at radius 2 is 1.27 bits per heavy atom. The van der Waals surface area contributed by atoms with Gasteiger partial charge in [0.25, 0.3) is 0 Å². The number of allylic oxidation sites excluding steroid dienone is 4. The molecule has 0 N–H and O–H groups in total. The van der Waals surface area contributed by atoms with E-state index in [2.05, 4.69) is 62.5 Å². The van der Waals surface area contributed by atoms with Crippen molar-refractivity contribution in [1.82, 2.24) is 0 Å². The quantitative estimate of drug-likeness (QED) is 0.665. The Hall–Kier alpha value is -1.08. The first-order chi connectivity index (χ1) is 7.12. The van der Waals surface area contributed by atoms with Crippen LogP contribution in [0.1, 0.15) is 26.7 Å². The molecule has 80 valence electrons. The molecule has 0 fully saturated rings. The van der Waals surface area contributed by atoms with Crippen molar-refractivity contribution in [2.75, 3.05) is 0 Å². The molecule has 0 saturated carbocycles. The summed E-state index contributed by atoms with van der Waals surface area (Å²) in [6.45, 7) is 4.29. The predicted octanol–water partition coefficient (Wildman–Crippen LogP) is 3.55. The molecular weight excluding hydrogens is 184 g/mol. The van der Waals surface area contributed by atoms with Gasteiger partial charge in [-0.2, -0.15) is 0 Å². The molecule has 2 rings (SSSR count). The molecular formula is C14H18O. The third kappa shape index (κ3) is 2.48. The zero-order valence-corrected chi connectivity index (χ0v) is 9.44. The second kappa shape index (κ2) is 3.82. The number of hydrogen-bond donors (Lipinski definition) is 0. The van der Waals surface area contributed by atoms with Gasteiger partial charge in [-0.3, -0.25) is 0 Å². The van der Waals surface area contributed by atoms with Crippen molar-refractivity contribution in [3.8, 4) is 0 Å². The van der Waals surface area contributed by atoms with E-state index in [1.54, 1.807) is 0 Å². The lowest BCUT2D eigenvalue weighted by Crippen LogP contribution is -2.39. The van der Waals surface area contributed by atoms with E-state index in [9.17, 15) is 0 Å². The van der Waals surface area contributed by atoms with Crippen LogP contribution < -0.4 is 0 Å². The summed E-state index contributed by atoms with van der Waals surface area (Å²) in [4.78, 5) is 0. The maximum atomic E-state index is 6.23. The fraction of sp³-hybridized carbons (Fsp3) is 0.429. The molecule has 0 aromatic heterocycles. The molecule has 0 aromatic rings. The van der Waals surface area contributed by atoms with Gasteiger partial charge in [-0.1, -0.05) is 48.6 Å². The molecule has 0 amide bonds. The van der Waals surface area contributed by atoms with Gasteiger partial charge in [0.1, 0.15) is 0 Å². The Bertz CT molecular complexity index is 314. The van der Waals surface area contributed by atoms with E-state index in [1.807, 2.05) is 0 Å². The molecule has 2 aliphatic rings. The highest BCUT2D eigenvalue weighted by atomic mass is 16.5. The van der Waals surface area contributed by atoms with Gasteiger partial charge in [0.05, 0.1) is 11.2 Å². The van der Waals surface area contributed by atoms with Crippen LogP contribution in [0.5, 0.6) is 0 Å². The van der Waals surface area contributed by atoms with Crippen molar-refractivity contribution in [1.29, 1.82) is 0 Å². The third-order valence-corrected chi connectivity index (χ3v) is 2.90. The monoisotopic (exact) mass is 202 g/mol. The average Bonchev–Trinajstić information content (AvgIpc) is 2.18. The standard InChI is InChI=1S/C14H18O/c1-13(9-5-3-6-10-13)15-14(2)11-7-4-8-12-14/h3-9,11H,10,12H2,1-2H3. The Kier molecular flexibility index (Phi) is 2.66. The maximum Gasteiger partial charge on any atom is 0.0883 e. The van der Waals surface area contributed by atoms with Crippen LogP contribution >= 0.6 is 0 Å². The normalized spacial score (nSPS) is 38.5. The summed E-state index contributed by atoms with van der Waals surface area (Å²) in [5, 5.41) is 0. The summed E-state index contributed by atoms with van der Waals surface area (Å²) >= 11 is 0. The second-order valence-corrected chi connectivity index (χ2v) is 4.71. The van der Waals surface area contributed by atoms with Gasteiger partial charge in [0, 0.05) is 0 Å². The molecule has 2 aliphatic carbocycles. The van der Waals surface area contributed by atoms with Crippen molar-refractivity contribution >= 4 is 0 Å². The van der Waals surface area contributed by atoms with Gasteiger partial charge >= 0.3 is 0 Å². The molecule has 0 heterocycles. The number of hydrogen-bond acceptors (Lipinski definition) is 1. The zero-order chi connectivity index (χ0) is 10.8. The zero-order valence-electron chi connectivity index (χ0n) is 9.44. The van der Waals surface area contributed by atoms with Crippen LogP contribution in [-0.4, -0.2) is 11.2 Å². The van der Waals surface area contributed by atoms with E-state index >= 15 is 0 Å². The Morgan fingerprint density at radius 1 is 0.800 bits per heavy atom. The molecule has 0 radical (unpaired) electrons. The molecule has 0 aliphatic heterocycles. The minimum Gasteiger partial charge on any atom is -0.360 e. The first-order valence-electron chi connectivity index (χ1n) is 5.51. The van der Waals surface area contributed by atoms with Gasteiger partial charge in [-0.15, -0.1) is 0 Å². The van der Waals surface area contributed by atoms with E-state index in [0.717, 1.165) is 12.8 Å². The minimum atomic E-state index is -0.154. The van der Waals surface area contributed by atoms with E-state index in [-0.39, 0.29) is 11.2 Å². The molecule has 2 atom stereocenters. The SMILES string of the molecule is CC1(OC2(C)C=CC=CC2)C=CC=CC1. The molecule has 2 unspecified atom stereocenters. The minimum absolute atomic E-state index is 0.154. The molecule has 0 saturated heterocycles. The van der Waals surface area contributed by atoms with Gasteiger partial charge in [0.15, 0.2) is 0 Å². The number of rotatable bonds is 2. The van der Waals surface area contributed by atoms with Crippen molar-refractivity contribution in [3.05, 3.63) is 48.6 Å². The molecule has 0 aromatic carbocycles.